The van der Waals surface area contributed by atoms with Crippen LogP contribution in [0.2, 0.25) is 0 Å². The highest BCUT2D eigenvalue weighted by atomic mass is 32.2. The number of nitrogens with zero attached hydrogens (tertiary/aromatic N) is 1. The van der Waals surface area contributed by atoms with E-state index in [1.165, 1.54) is 0 Å². The molecule has 32 heavy (non-hydrogen) atoms. The van der Waals surface area contributed by atoms with Gasteiger partial charge in [-0.3, -0.25) is 9.69 Å². The number of methoxy groups -OCH3 is 1. The first-order valence-corrected chi connectivity index (χ1v) is 12.5. The van der Waals surface area contributed by atoms with E-state index >= 15 is 0 Å². The van der Waals surface area contributed by atoms with E-state index < -0.39 is 10.0 Å². The van der Waals surface area contributed by atoms with Crippen LogP contribution in [0.3, 0.4) is 0 Å². The van der Waals surface area contributed by atoms with E-state index in [0.717, 1.165) is 49.4 Å². The molecule has 1 aliphatic heterocycles. The summed E-state index contributed by atoms with van der Waals surface area (Å²) in [7, 11) is -1.94. The third-order valence-corrected chi connectivity index (χ3v) is 7.42. The fourth-order valence-electron chi connectivity index (χ4n) is 4.09. The number of carbonyl (C=O) groups is 1. The Kier molecular flexibility index (Phi) is 8.28. The Morgan fingerprint density at radius 3 is 2.53 bits per heavy atom. The summed E-state index contributed by atoms with van der Waals surface area (Å²) in [6, 6.07) is 13.3. The van der Waals surface area contributed by atoms with Crippen molar-refractivity contribution in [1.82, 2.24) is 14.9 Å². The molecule has 2 aromatic rings. The summed E-state index contributed by atoms with van der Waals surface area (Å²) in [6.45, 7) is 6.38. The summed E-state index contributed by atoms with van der Waals surface area (Å²) in [4.78, 5) is 14.9. The number of amides is 1. The minimum atomic E-state index is -3.63. The molecule has 1 amide bonds. The molecule has 0 atom stereocenters. The summed E-state index contributed by atoms with van der Waals surface area (Å²) in [5.74, 6) is 0.766. The Morgan fingerprint density at radius 2 is 1.84 bits per heavy atom. The largest absolute Gasteiger partial charge is 0.496 e. The van der Waals surface area contributed by atoms with Gasteiger partial charge in [0.15, 0.2) is 0 Å². The van der Waals surface area contributed by atoms with Crippen molar-refractivity contribution >= 4 is 15.9 Å². The SMILES string of the molecule is COc1ccccc1CN1CCC(NC(=O)CCNS(=O)(=O)c2ccc(C)cc2C)CC1. The van der Waals surface area contributed by atoms with Gasteiger partial charge in [0, 0.05) is 44.2 Å². The average Bonchev–Trinajstić information content (AvgIpc) is 2.75. The molecule has 1 heterocycles. The van der Waals surface area contributed by atoms with Crippen molar-refractivity contribution in [2.45, 2.75) is 50.6 Å². The maximum atomic E-state index is 12.5. The molecule has 1 saturated heterocycles. The lowest BCUT2D eigenvalue weighted by atomic mass is 10.0. The van der Waals surface area contributed by atoms with Crippen LogP contribution in [0.25, 0.3) is 0 Å². The van der Waals surface area contributed by atoms with Gasteiger partial charge in [0.25, 0.3) is 0 Å². The van der Waals surface area contributed by atoms with Crippen molar-refractivity contribution in [2.24, 2.45) is 0 Å². The maximum Gasteiger partial charge on any atom is 0.240 e. The predicted octanol–water partition coefficient (Wildman–Crippen LogP) is 2.76. The number of likely N-dealkylation sites (tertiary alicyclic amines) is 1. The van der Waals surface area contributed by atoms with Crippen LogP contribution in [-0.4, -0.2) is 52.0 Å². The summed E-state index contributed by atoms with van der Waals surface area (Å²) in [6.07, 6.45) is 1.86. The zero-order valence-electron chi connectivity index (χ0n) is 19.1. The molecule has 2 aromatic carbocycles. The van der Waals surface area contributed by atoms with E-state index in [9.17, 15) is 13.2 Å². The fraction of sp³-hybridized carbons (Fsp3) is 0.458. The summed E-state index contributed by atoms with van der Waals surface area (Å²) in [5, 5.41) is 3.05. The van der Waals surface area contributed by atoms with Crippen molar-refractivity contribution in [3.05, 3.63) is 59.2 Å². The van der Waals surface area contributed by atoms with Crippen LogP contribution in [0.4, 0.5) is 0 Å². The second-order valence-corrected chi connectivity index (χ2v) is 10.1. The molecular formula is C24H33N3O4S. The topological polar surface area (TPSA) is 87.7 Å². The lowest BCUT2D eigenvalue weighted by molar-refractivity contribution is -0.121. The molecule has 0 radical (unpaired) electrons. The second kappa shape index (κ2) is 10.9. The van der Waals surface area contributed by atoms with Crippen molar-refractivity contribution < 1.29 is 17.9 Å². The van der Waals surface area contributed by atoms with Gasteiger partial charge in [-0.2, -0.15) is 0 Å². The van der Waals surface area contributed by atoms with Crippen LogP contribution in [0.15, 0.2) is 47.4 Å². The number of nitrogens with one attached hydrogen (secondary N) is 2. The molecule has 8 heteroatoms. The van der Waals surface area contributed by atoms with Crippen LogP contribution in [0.5, 0.6) is 5.75 Å². The smallest absolute Gasteiger partial charge is 0.240 e. The van der Waals surface area contributed by atoms with Gasteiger partial charge in [0.1, 0.15) is 5.75 Å². The van der Waals surface area contributed by atoms with Crippen LogP contribution in [0.1, 0.15) is 36.0 Å². The number of para-hydroxylation sites is 1. The summed E-state index contributed by atoms with van der Waals surface area (Å²) < 4.78 is 33.0. The van der Waals surface area contributed by atoms with Gasteiger partial charge in [-0.15, -0.1) is 0 Å². The van der Waals surface area contributed by atoms with Crippen molar-refractivity contribution in [3.8, 4) is 5.75 Å². The molecule has 1 fully saturated rings. The number of hydrogen-bond donors (Lipinski definition) is 2. The van der Waals surface area contributed by atoms with Gasteiger partial charge in [-0.1, -0.05) is 35.9 Å². The number of ether oxygens (including phenoxy) is 1. The molecule has 7 nitrogen and oxygen atoms in total. The molecule has 0 aromatic heterocycles. The molecule has 2 N–H and O–H groups in total. The van der Waals surface area contributed by atoms with E-state index in [1.54, 1.807) is 26.2 Å². The van der Waals surface area contributed by atoms with E-state index in [0.29, 0.717) is 5.56 Å². The lowest BCUT2D eigenvalue weighted by Gasteiger charge is -2.32. The number of benzene rings is 2. The van der Waals surface area contributed by atoms with Gasteiger partial charge in [-0.25, -0.2) is 13.1 Å². The number of piperidine rings is 1. The highest BCUT2D eigenvalue weighted by molar-refractivity contribution is 7.89. The van der Waals surface area contributed by atoms with E-state index in [1.807, 2.05) is 31.2 Å². The Balaban J connectivity index is 1.40. The third kappa shape index (κ3) is 6.54. The third-order valence-electron chi connectivity index (χ3n) is 5.80. The molecule has 174 valence electrons. The minimum Gasteiger partial charge on any atom is -0.496 e. The Hall–Kier alpha value is -2.42. The van der Waals surface area contributed by atoms with Gasteiger partial charge in [0.05, 0.1) is 12.0 Å². The lowest BCUT2D eigenvalue weighted by Crippen LogP contribution is -2.45. The van der Waals surface area contributed by atoms with Crippen molar-refractivity contribution in [1.29, 1.82) is 0 Å². The number of carbonyl (C=O) groups excluding carboxylic acids is 1. The molecule has 1 aliphatic rings. The van der Waals surface area contributed by atoms with Crippen LogP contribution < -0.4 is 14.8 Å². The minimum absolute atomic E-state index is 0.0775. The Labute approximate surface area is 191 Å². The summed E-state index contributed by atoms with van der Waals surface area (Å²) >= 11 is 0. The van der Waals surface area contributed by atoms with E-state index in [-0.39, 0.29) is 29.8 Å². The number of hydrogen-bond acceptors (Lipinski definition) is 5. The van der Waals surface area contributed by atoms with Gasteiger partial charge < -0.3 is 10.1 Å². The zero-order chi connectivity index (χ0) is 23.1. The number of rotatable bonds is 9. The second-order valence-electron chi connectivity index (χ2n) is 8.35. The van der Waals surface area contributed by atoms with E-state index in [2.05, 4.69) is 21.0 Å². The standard InChI is InChI=1S/C24H33N3O4S/c1-18-8-9-23(19(2)16-18)32(29,30)25-13-10-24(28)26-21-11-14-27(15-12-21)17-20-6-4-5-7-22(20)31-3/h4-9,16,21,25H,10-15,17H2,1-3H3,(H,26,28). The van der Waals surface area contributed by atoms with Gasteiger partial charge in [-0.05, 0) is 44.4 Å². The molecule has 0 unspecified atom stereocenters. The zero-order valence-corrected chi connectivity index (χ0v) is 19.9. The molecule has 3 rings (SSSR count). The highest BCUT2D eigenvalue weighted by Gasteiger charge is 2.22. The molecule has 0 saturated carbocycles. The monoisotopic (exact) mass is 459 g/mol. The van der Waals surface area contributed by atoms with Gasteiger partial charge >= 0.3 is 0 Å². The van der Waals surface area contributed by atoms with Gasteiger partial charge in [0.2, 0.25) is 15.9 Å². The first-order valence-electron chi connectivity index (χ1n) is 11.0. The van der Waals surface area contributed by atoms with Crippen molar-refractivity contribution in [3.63, 3.8) is 0 Å². The maximum absolute atomic E-state index is 12.5. The molecule has 0 aliphatic carbocycles. The predicted molar refractivity (Wildman–Crippen MR) is 125 cm³/mol. The number of sulfonamides is 1. The average molecular weight is 460 g/mol. The van der Waals surface area contributed by atoms with Crippen LogP contribution >= 0.6 is 0 Å². The molecule has 0 spiro atoms. The molecule has 0 bridgehead atoms. The van der Waals surface area contributed by atoms with Crippen molar-refractivity contribution in [2.75, 3.05) is 26.7 Å². The first-order chi connectivity index (χ1) is 15.3. The quantitative estimate of drug-likeness (QED) is 0.602. The fourth-order valence-corrected chi connectivity index (χ4v) is 5.34. The highest BCUT2D eigenvalue weighted by Crippen LogP contribution is 2.21. The summed E-state index contributed by atoms with van der Waals surface area (Å²) in [5.41, 5.74) is 2.87. The Bertz CT molecular complexity index is 1030. The molecular weight excluding hydrogens is 426 g/mol. The van der Waals surface area contributed by atoms with Crippen LogP contribution in [-0.2, 0) is 21.4 Å². The normalized spacial score (nSPS) is 15.5. The Morgan fingerprint density at radius 1 is 1.12 bits per heavy atom. The van der Waals surface area contributed by atoms with Crippen LogP contribution in [0, 0.1) is 13.8 Å². The first kappa shape index (κ1) is 24.2. The van der Waals surface area contributed by atoms with E-state index in [4.69, 9.17) is 4.74 Å². The number of aryl methyl sites for hydroxylation is 2.